The summed E-state index contributed by atoms with van der Waals surface area (Å²) >= 11 is 0. The predicted molar refractivity (Wildman–Crippen MR) is 89.0 cm³/mol. The lowest BCUT2D eigenvalue weighted by Crippen LogP contribution is -2.44. The molecule has 0 saturated carbocycles. The molecule has 6 heteroatoms. The molecule has 0 fully saturated rings. The van der Waals surface area contributed by atoms with E-state index in [1.54, 1.807) is 60.7 Å². The molecule has 0 saturated heterocycles. The van der Waals surface area contributed by atoms with Gasteiger partial charge < -0.3 is 0 Å². The first-order valence-corrected chi connectivity index (χ1v) is 7.73. The van der Waals surface area contributed by atoms with Crippen molar-refractivity contribution in [3.63, 3.8) is 0 Å². The highest BCUT2D eigenvalue weighted by molar-refractivity contribution is 5.95. The molecule has 3 rings (SSSR count). The van der Waals surface area contributed by atoms with Crippen LogP contribution in [-0.2, 0) is 6.42 Å². The third kappa shape index (κ3) is 3.96. The van der Waals surface area contributed by atoms with Crippen molar-refractivity contribution >= 4 is 16.8 Å². The van der Waals surface area contributed by atoms with E-state index in [9.17, 15) is 18.0 Å². The number of carbonyl (C=O) groups excluding carboxylic acids is 1. The normalized spacial score (nSPS) is 11.5. The second-order valence-corrected chi connectivity index (χ2v) is 5.55. The summed E-state index contributed by atoms with van der Waals surface area (Å²) in [5, 5.41) is 0.766. The van der Waals surface area contributed by atoms with Gasteiger partial charge in [-0.2, -0.15) is 0 Å². The molecule has 0 atom stereocenters. The quantitative estimate of drug-likeness (QED) is 0.656. The monoisotopic (exact) mass is 344 g/mol. The fourth-order valence-electron chi connectivity index (χ4n) is 2.55. The zero-order chi connectivity index (χ0) is 17.9. The highest BCUT2D eigenvalue weighted by Gasteiger charge is 2.41. The van der Waals surface area contributed by atoms with Crippen LogP contribution in [-0.4, -0.2) is 28.6 Å². The van der Waals surface area contributed by atoms with Crippen LogP contribution in [0.25, 0.3) is 10.9 Å². The molecule has 25 heavy (non-hydrogen) atoms. The zero-order valence-electron chi connectivity index (χ0n) is 13.2. The van der Waals surface area contributed by atoms with Gasteiger partial charge in [0.05, 0.1) is 5.52 Å². The maximum atomic E-state index is 13.4. The Labute approximate surface area is 142 Å². The third-order valence-electron chi connectivity index (χ3n) is 3.84. The minimum absolute atomic E-state index is 0.0862. The molecule has 0 aliphatic carbocycles. The van der Waals surface area contributed by atoms with Gasteiger partial charge in [0.2, 0.25) is 0 Å². The van der Waals surface area contributed by atoms with Crippen molar-refractivity contribution in [2.24, 2.45) is 0 Å². The Morgan fingerprint density at radius 1 is 0.920 bits per heavy atom. The van der Waals surface area contributed by atoms with Gasteiger partial charge in [0, 0.05) is 11.9 Å². The summed E-state index contributed by atoms with van der Waals surface area (Å²) in [6.45, 7) is -0.457. The standard InChI is InChI=1S/C19H15F3N2O/c20-19(21,22)24(13-12-14-6-2-1-3-7-14)18(25)17-11-10-15-8-4-5-9-16(15)23-17/h1-11H,12-13H2. The van der Waals surface area contributed by atoms with E-state index in [4.69, 9.17) is 0 Å². The molecule has 128 valence electrons. The lowest BCUT2D eigenvalue weighted by Gasteiger charge is -2.24. The smallest absolute Gasteiger partial charge is 0.267 e. The number of nitrogens with zero attached hydrogens (tertiary/aromatic N) is 2. The molecule has 1 amide bonds. The predicted octanol–water partition coefficient (Wildman–Crippen LogP) is 4.44. The summed E-state index contributed by atoms with van der Waals surface area (Å²) in [7, 11) is 0. The number of carbonyl (C=O) groups is 1. The Balaban J connectivity index is 1.85. The summed E-state index contributed by atoms with van der Waals surface area (Å²) in [4.78, 5) is 16.4. The van der Waals surface area contributed by atoms with Gasteiger partial charge in [-0.1, -0.05) is 54.6 Å². The number of hydrogen-bond acceptors (Lipinski definition) is 2. The van der Waals surface area contributed by atoms with Crippen molar-refractivity contribution in [3.8, 4) is 0 Å². The Kier molecular flexibility index (Phi) is 4.70. The van der Waals surface area contributed by atoms with Crippen LogP contribution in [0.2, 0.25) is 0 Å². The Morgan fingerprint density at radius 2 is 1.60 bits per heavy atom. The van der Waals surface area contributed by atoms with E-state index in [-0.39, 0.29) is 17.0 Å². The molecule has 1 aromatic heterocycles. The first kappa shape index (κ1) is 17.0. The highest BCUT2D eigenvalue weighted by atomic mass is 19.4. The largest absolute Gasteiger partial charge is 0.487 e. The topological polar surface area (TPSA) is 33.2 Å². The molecule has 0 aliphatic rings. The average molecular weight is 344 g/mol. The molecule has 3 nitrogen and oxygen atoms in total. The third-order valence-corrected chi connectivity index (χ3v) is 3.84. The van der Waals surface area contributed by atoms with Gasteiger partial charge in [0.1, 0.15) is 5.69 Å². The second-order valence-electron chi connectivity index (χ2n) is 5.55. The summed E-state index contributed by atoms with van der Waals surface area (Å²) in [6, 6.07) is 18.6. The number of rotatable bonds is 4. The molecule has 0 N–H and O–H groups in total. The number of pyridine rings is 1. The molecule has 3 aromatic rings. The van der Waals surface area contributed by atoms with Crippen molar-refractivity contribution in [1.82, 2.24) is 9.88 Å². The van der Waals surface area contributed by atoms with E-state index in [1.165, 1.54) is 6.07 Å². The number of halogens is 3. The van der Waals surface area contributed by atoms with Gasteiger partial charge in [-0.25, -0.2) is 9.88 Å². The van der Waals surface area contributed by atoms with Crippen LogP contribution in [0.4, 0.5) is 13.2 Å². The number of amides is 1. The summed E-state index contributed by atoms with van der Waals surface area (Å²) in [5.41, 5.74) is 0.999. The van der Waals surface area contributed by atoms with Gasteiger partial charge in [-0.15, -0.1) is 13.2 Å². The molecule has 1 heterocycles. The van der Waals surface area contributed by atoms with Gasteiger partial charge >= 0.3 is 6.30 Å². The van der Waals surface area contributed by atoms with E-state index in [0.717, 1.165) is 10.9 Å². The van der Waals surface area contributed by atoms with Crippen molar-refractivity contribution in [2.45, 2.75) is 12.7 Å². The molecule has 0 bridgehead atoms. The Hall–Kier alpha value is -2.89. The molecular weight excluding hydrogens is 329 g/mol. The number of aromatic nitrogens is 1. The van der Waals surface area contributed by atoms with Crippen LogP contribution in [0.3, 0.4) is 0 Å². The molecule has 0 unspecified atom stereocenters. The van der Waals surface area contributed by atoms with Crippen LogP contribution in [0.1, 0.15) is 16.1 Å². The second kappa shape index (κ2) is 6.93. The maximum absolute atomic E-state index is 13.4. The van der Waals surface area contributed by atoms with E-state index >= 15 is 0 Å². The van der Waals surface area contributed by atoms with Crippen molar-refractivity contribution in [3.05, 3.63) is 78.0 Å². The number of alkyl halides is 3. The maximum Gasteiger partial charge on any atom is 0.487 e. The summed E-state index contributed by atoms with van der Waals surface area (Å²) < 4.78 is 40.1. The lowest BCUT2D eigenvalue weighted by atomic mass is 10.1. The zero-order valence-corrected chi connectivity index (χ0v) is 13.2. The van der Waals surface area contributed by atoms with E-state index < -0.39 is 18.8 Å². The van der Waals surface area contributed by atoms with E-state index in [2.05, 4.69) is 4.98 Å². The van der Waals surface area contributed by atoms with Crippen LogP contribution in [0.15, 0.2) is 66.7 Å². The Morgan fingerprint density at radius 3 is 2.32 bits per heavy atom. The number of para-hydroxylation sites is 1. The number of benzene rings is 2. The van der Waals surface area contributed by atoms with Crippen molar-refractivity contribution in [2.75, 3.05) is 6.54 Å². The molecule has 2 aromatic carbocycles. The van der Waals surface area contributed by atoms with E-state index in [0.29, 0.717) is 5.52 Å². The minimum atomic E-state index is -4.76. The van der Waals surface area contributed by atoms with Crippen LogP contribution in [0, 0.1) is 0 Å². The minimum Gasteiger partial charge on any atom is -0.267 e. The average Bonchev–Trinajstić information content (AvgIpc) is 2.61. The van der Waals surface area contributed by atoms with Crippen LogP contribution >= 0.6 is 0 Å². The molecule has 0 radical (unpaired) electrons. The SMILES string of the molecule is O=C(c1ccc2ccccc2n1)N(CCc1ccccc1)C(F)(F)F. The lowest BCUT2D eigenvalue weighted by molar-refractivity contribution is -0.224. The van der Waals surface area contributed by atoms with Gasteiger partial charge in [0.15, 0.2) is 0 Å². The fraction of sp³-hybridized carbons (Fsp3) is 0.158. The molecule has 0 aliphatic heterocycles. The number of fused-ring (bicyclic) bond motifs is 1. The molecular formula is C19H15F3N2O. The Bertz CT molecular complexity index is 878. The van der Waals surface area contributed by atoms with Gasteiger partial charge in [-0.3, -0.25) is 4.79 Å². The summed E-state index contributed by atoms with van der Waals surface area (Å²) in [5.74, 6) is -1.14. The van der Waals surface area contributed by atoms with Crippen molar-refractivity contribution < 1.29 is 18.0 Å². The highest BCUT2D eigenvalue weighted by Crippen LogP contribution is 2.24. The van der Waals surface area contributed by atoms with E-state index in [1.807, 2.05) is 0 Å². The fourth-order valence-corrected chi connectivity index (χ4v) is 2.55. The number of hydrogen-bond donors (Lipinski definition) is 0. The first-order valence-electron chi connectivity index (χ1n) is 7.73. The van der Waals surface area contributed by atoms with Crippen LogP contribution in [0.5, 0.6) is 0 Å². The first-order chi connectivity index (χ1) is 11.9. The molecule has 0 spiro atoms. The van der Waals surface area contributed by atoms with Crippen LogP contribution < -0.4 is 0 Å². The van der Waals surface area contributed by atoms with Gasteiger partial charge in [0.25, 0.3) is 5.91 Å². The summed E-state index contributed by atoms with van der Waals surface area (Å²) in [6.07, 6.45) is -4.65. The van der Waals surface area contributed by atoms with Gasteiger partial charge in [-0.05, 0) is 24.1 Å². The van der Waals surface area contributed by atoms with Crippen molar-refractivity contribution in [1.29, 1.82) is 0 Å².